The minimum Gasteiger partial charge on any atom is -0.497 e. The lowest BCUT2D eigenvalue weighted by Crippen LogP contribution is -2.17. The molecule has 1 saturated heterocycles. The highest BCUT2D eigenvalue weighted by molar-refractivity contribution is 8.02. The van der Waals surface area contributed by atoms with Crippen molar-refractivity contribution >= 4 is 34.0 Å². The number of hydrogen-bond acceptors (Lipinski definition) is 7. The molecule has 0 saturated carbocycles. The van der Waals surface area contributed by atoms with Crippen LogP contribution in [-0.4, -0.2) is 41.4 Å². The third kappa shape index (κ3) is 3.84. The summed E-state index contributed by atoms with van der Waals surface area (Å²) in [5.41, 5.74) is 0.690. The van der Waals surface area contributed by atoms with Gasteiger partial charge in [-0.1, -0.05) is 23.1 Å². The molecule has 1 atom stereocenters. The molecule has 1 unspecified atom stereocenters. The van der Waals surface area contributed by atoms with Gasteiger partial charge in [0, 0.05) is 18.7 Å². The van der Waals surface area contributed by atoms with Gasteiger partial charge in [-0.25, -0.2) is 0 Å². The molecular weight excluding hydrogens is 330 g/mol. The Morgan fingerprint density at radius 1 is 1.26 bits per heavy atom. The Morgan fingerprint density at radius 3 is 2.61 bits per heavy atom. The second-order valence-corrected chi connectivity index (χ2v) is 7.94. The smallest absolute Gasteiger partial charge is 0.209 e. The summed E-state index contributed by atoms with van der Waals surface area (Å²) < 4.78 is 5.97. The summed E-state index contributed by atoms with van der Waals surface area (Å²) in [4.78, 5) is 14.8. The summed E-state index contributed by atoms with van der Waals surface area (Å²) in [5, 5.41) is 9.25. The minimum absolute atomic E-state index is 0.0931. The molecule has 23 heavy (non-hydrogen) atoms. The van der Waals surface area contributed by atoms with Crippen molar-refractivity contribution in [2.24, 2.45) is 0 Å². The lowest BCUT2D eigenvalue weighted by atomic mass is 10.1. The fourth-order valence-corrected chi connectivity index (χ4v) is 4.59. The molecule has 1 aromatic heterocycles. The van der Waals surface area contributed by atoms with Crippen LogP contribution in [0.3, 0.4) is 0 Å². The average molecular weight is 349 g/mol. The average Bonchev–Trinajstić information content (AvgIpc) is 3.25. The quantitative estimate of drug-likeness (QED) is 0.587. The van der Waals surface area contributed by atoms with Crippen molar-refractivity contribution in [2.75, 3.05) is 25.1 Å². The van der Waals surface area contributed by atoms with Gasteiger partial charge in [-0.15, -0.1) is 10.2 Å². The number of carbonyl (C=O) groups excluding carboxylic acids is 1. The third-order valence-electron chi connectivity index (χ3n) is 3.79. The van der Waals surface area contributed by atoms with Crippen molar-refractivity contribution in [3.63, 3.8) is 0 Å². The zero-order valence-electron chi connectivity index (χ0n) is 13.2. The third-order valence-corrected chi connectivity index (χ3v) is 5.96. The molecule has 2 heterocycles. The van der Waals surface area contributed by atoms with E-state index < -0.39 is 0 Å². The predicted octanol–water partition coefficient (Wildman–Crippen LogP) is 3.51. The summed E-state index contributed by atoms with van der Waals surface area (Å²) in [6, 6.07) is 7.21. The number of nitrogens with zero attached hydrogens (tertiary/aromatic N) is 3. The maximum absolute atomic E-state index is 12.5. The first kappa shape index (κ1) is 16.3. The molecule has 1 aromatic carbocycles. The van der Waals surface area contributed by atoms with E-state index in [2.05, 4.69) is 15.1 Å². The Morgan fingerprint density at radius 2 is 1.96 bits per heavy atom. The van der Waals surface area contributed by atoms with E-state index in [0.29, 0.717) is 5.56 Å². The lowest BCUT2D eigenvalue weighted by molar-refractivity contribution is 0.0994. The Balaban J connectivity index is 1.63. The van der Waals surface area contributed by atoms with E-state index in [9.17, 15) is 4.79 Å². The number of anilines is 1. The molecule has 1 aliphatic heterocycles. The van der Waals surface area contributed by atoms with E-state index in [-0.39, 0.29) is 11.0 Å². The molecule has 0 amide bonds. The molecule has 1 fully saturated rings. The minimum atomic E-state index is -0.192. The SMILES string of the molecule is COc1ccc(C(=O)C(C)Sc2nnc(N3CCCC3)s2)cc1. The first-order chi connectivity index (χ1) is 11.2. The summed E-state index contributed by atoms with van der Waals surface area (Å²) in [6.07, 6.45) is 2.43. The van der Waals surface area contributed by atoms with Crippen LogP contribution in [0, 0.1) is 0 Å². The molecule has 0 bridgehead atoms. The van der Waals surface area contributed by atoms with Gasteiger partial charge in [-0.05, 0) is 44.0 Å². The van der Waals surface area contributed by atoms with Crippen molar-refractivity contribution < 1.29 is 9.53 Å². The molecule has 0 aliphatic carbocycles. The van der Waals surface area contributed by atoms with Gasteiger partial charge >= 0.3 is 0 Å². The largest absolute Gasteiger partial charge is 0.497 e. The zero-order valence-corrected chi connectivity index (χ0v) is 14.8. The molecule has 0 spiro atoms. The summed E-state index contributed by atoms with van der Waals surface area (Å²) in [6.45, 7) is 4.02. The Bertz CT molecular complexity index is 666. The summed E-state index contributed by atoms with van der Waals surface area (Å²) in [7, 11) is 1.61. The number of Topliss-reactive ketones (excluding diaryl/α,β-unsaturated/α-hetero) is 1. The van der Waals surface area contributed by atoms with Crippen LogP contribution in [0.2, 0.25) is 0 Å². The highest BCUT2D eigenvalue weighted by Gasteiger charge is 2.21. The number of ether oxygens (including phenoxy) is 1. The standard InChI is InChI=1S/C16H19N3O2S2/c1-11(14(20)12-5-7-13(21-2)8-6-12)22-16-18-17-15(23-16)19-9-3-4-10-19/h5-8,11H,3-4,9-10H2,1-2H3. The first-order valence-electron chi connectivity index (χ1n) is 7.61. The van der Waals surface area contributed by atoms with Gasteiger partial charge in [0.2, 0.25) is 5.13 Å². The van der Waals surface area contributed by atoms with Crippen LogP contribution in [0.4, 0.5) is 5.13 Å². The van der Waals surface area contributed by atoms with Crippen LogP contribution >= 0.6 is 23.1 Å². The van der Waals surface area contributed by atoms with E-state index >= 15 is 0 Å². The maximum Gasteiger partial charge on any atom is 0.209 e. The van der Waals surface area contributed by atoms with Crippen LogP contribution < -0.4 is 9.64 Å². The van der Waals surface area contributed by atoms with Gasteiger partial charge in [0.25, 0.3) is 0 Å². The van der Waals surface area contributed by atoms with Crippen molar-refractivity contribution in [2.45, 2.75) is 29.4 Å². The van der Waals surface area contributed by atoms with Gasteiger partial charge in [0.05, 0.1) is 12.4 Å². The van der Waals surface area contributed by atoms with Gasteiger partial charge in [0.15, 0.2) is 10.1 Å². The molecule has 2 aromatic rings. The summed E-state index contributed by atoms with van der Waals surface area (Å²) >= 11 is 3.05. The fourth-order valence-electron chi connectivity index (χ4n) is 2.48. The van der Waals surface area contributed by atoms with Gasteiger partial charge in [-0.2, -0.15) is 0 Å². The van der Waals surface area contributed by atoms with Crippen molar-refractivity contribution in [3.8, 4) is 5.75 Å². The van der Waals surface area contributed by atoms with Gasteiger partial charge < -0.3 is 9.64 Å². The Hall–Kier alpha value is -1.60. The van der Waals surface area contributed by atoms with Gasteiger partial charge in [0.1, 0.15) is 5.75 Å². The predicted molar refractivity (Wildman–Crippen MR) is 94.0 cm³/mol. The molecule has 0 radical (unpaired) electrons. The number of hydrogen-bond donors (Lipinski definition) is 0. The van der Waals surface area contributed by atoms with Crippen molar-refractivity contribution in [1.82, 2.24) is 10.2 Å². The lowest BCUT2D eigenvalue weighted by Gasteiger charge is -2.11. The number of rotatable bonds is 6. The second-order valence-electron chi connectivity index (χ2n) is 5.40. The van der Waals surface area contributed by atoms with Crippen LogP contribution in [0.25, 0.3) is 0 Å². The fraction of sp³-hybridized carbons (Fsp3) is 0.438. The van der Waals surface area contributed by atoms with Crippen LogP contribution in [0.5, 0.6) is 5.75 Å². The molecule has 1 aliphatic rings. The highest BCUT2D eigenvalue weighted by Crippen LogP contribution is 2.33. The second kappa shape index (κ2) is 7.31. The normalized spacial score (nSPS) is 15.7. The maximum atomic E-state index is 12.5. The number of ketones is 1. The van der Waals surface area contributed by atoms with E-state index in [4.69, 9.17) is 4.74 Å². The molecule has 0 N–H and O–H groups in total. The Kier molecular flexibility index (Phi) is 5.17. The highest BCUT2D eigenvalue weighted by atomic mass is 32.2. The number of thioether (sulfide) groups is 1. The first-order valence-corrected chi connectivity index (χ1v) is 9.30. The number of benzene rings is 1. The molecule has 122 valence electrons. The van der Waals surface area contributed by atoms with E-state index in [1.54, 1.807) is 42.7 Å². The summed E-state index contributed by atoms with van der Waals surface area (Å²) in [5.74, 6) is 0.844. The van der Waals surface area contributed by atoms with Gasteiger partial charge in [-0.3, -0.25) is 4.79 Å². The molecule has 5 nitrogen and oxygen atoms in total. The van der Waals surface area contributed by atoms with E-state index in [1.807, 2.05) is 6.92 Å². The number of methoxy groups -OCH3 is 1. The van der Waals surface area contributed by atoms with E-state index in [1.165, 1.54) is 24.6 Å². The van der Waals surface area contributed by atoms with E-state index in [0.717, 1.165) is 28.3 Å². The number of aromatic nitrogens is 2. The molecule has 7 heteroatoms. The van der Waals surface area contributed by atoms with Crippen molar-refractivity contribution in [3.05, 3.63) is 29.8 Å². The number of carbonyl (C=O) groups is 1. The van der Waals surface area contributed by atoms with Crippen LogP contribution in [0.15, 0.2) is 28.6 Å². The zero-order chi connectivity index (χ0) is 16.2. The topological polar surface area (TPSA) is 55.3 Å². The van der Waals surface area contributed by atoms with Crippen LogP contribution in [0.1, 0.15) is 30.1 Å². The molecular formula is C16H19N3O2S2. The Labute approximate surface area is 144 Å². The monoisotopic (exact) mass is 349 g/mol. The van der Waals surface area contributed by atoms with Crippen LogP contribution in [-0.2, 0) is 0 Å². The van der Waals surface area contributed by atoms with Crippen molar-refractivity contribution in [1.29, 1.82) is 0 Å². The molecule has 3 rings (SSSR count).